The first-order valence-electron chi connectivity index (χ1n) is 4.79. The molecule has 1 aliphatic carbocycles. The van der Waals surface area contributed by atoms with Crippen LogP contribution >= 0.6 is 11.8 Å². The lowest BCUT2D eigenvalue weighted by atomic mass is 10.3. The molecule has 0 aliphatic heterocycles. The van der Waals surface area contributed by atoms with E-state index in [1.54, 1.807) is 6.26 Å². The van der Waals surface area contributed by atoms with Crippen molar-refractivity contribution < 1.29 is 17.9 Å². The fourth-order valence-corrected chi connectivity index (χ4v) is 1.97. The maximum absolute atomic E-state index is 12.6. The molecule has 1 saturated carbocycles. The predicted octanol–water partition coefficient (Wildman–Crippen LogP) is 3.36. The van der Waals surface area contributed by atoms with Crippen molar-refractivity contribution in [1.29, 1.82) is 0 Å². The highest BCUT2D eigenvalue weighted by Gasteiger charge is 2.37. The van der Waals surface area contributed by atoms with E-state index >= 15 is 0 Å². The zero-order valence-electron chi connectivity index (χ0n) is 8.54. The van der Waals surface area contributed by atoms with E-state index < -0.39 is 11.9 Å². The van der Waals surface area contributed by atoms with Crippen molar-refractivity contribution in [3.8, 4) is 5.75 Å². The third-order valence-electron chi connectivity index (χ3n) is 2.16. The SMILES string of the molecule is CSc1c(OC2CC2)ccnc1C(F)(F)F. The van der Waals surface area contributed by atoms with Crippen molar-refractivity contribution in [2.75, 3.05) is 6.26 Å². The Morgan fingerprint density at radius 1 is 1.44 bits per heavy atom. The molecule has 1 aromatic heterocycles. The number of alkyl halides is 3. The van der Waals surface area contributed by atoms with Crippen molar-refractivity contribution >= 4 is 11.8 Å². The van der Waals surface area contributed by atoms with Crippen LogP contribution in [0.1, 0.15) is 18.5 Å². The average Bonchev–Trinajstić information content (AvgIpc) is 3.00. The zero-order valence-corrected chi connectivity index (χ0v) is 9.36. The van der Waals surface area contributed by atoms with Gasteiger partial charge in [0.25, 0.3) is 0 Å². The van der Waals surface area contributed by atoms with Crippen molar-refractivity contribution in [2.45, 2.75) is 30.0 Å². The highest BCUT2D eigenvalue weighted by Crippen LogP contribution is 2.41. The molecule has 0 unspecified atom stereocenters. The van der Waals surface area contributed by atoms with Crippen molar-refractivity contribution in [3.63, 3.8) is 0 Å². The smallest absolute Gasteiger partial charge is 0.434 e. The van der Waals surface area contributed by atoms with Crippen molar-refractivity contribution in [2.24, 2.45) is 0 Å². The molecular weight excluding hydrogens is 239 g/mol. The van der Waals surface area contributed by atoms with Crippen LogP contribution in [0.3, 0.4) is 0 Å². The molecule has 0 amide bonds. The molecule has 0 spiro atoms. The van der Waals surface area contributed by atoms with E-state index in [2.05, 4.69) is 4.98 Å². The number of pyridine rings is 1. The molecule has 1 fully saturated rings. The topological polar surface area (TPSA) is 22.1 Å². The monoisotopic (exact) mass is 249 g/mol. The third-order valence-corrected chi connectivity index (χ3v) is 2.96. The molecule has 0 N–H and O–H groups in total. The van der Waals surface area contributed by atoms with Gasteiger partial charge in [0.05, 0.1) is 11.0 Å². The van der Waals surface area contributed by atoms with Gasteiger partial charge in [-0.2, -0.15) is 13.2 Å². The van der Waals surface area contributed by atoms with Crippen LogP contribution in [0.25, 0.3) is 0 Å². The molecular formula is C10H10F3NOS. The standard InChI is InChI=1S/C10H10F3NOS/c1-16-8-7(15-6-2-3-6)4-5-14-9(8)10(11,12)13/h4-6H,2-3H2,1H3. The average molecular weight is 249 g/mol. The first kappa shape index (κ1) is 11.6. The highest BCUT2D eigenvalue weighted by molar-refractivity contribution is 7.98. The van der Waals surface area contributed by atoms with Crippen LogP contribution in [0, 0.1) is 0 Å². The quantitative estimate of drug-likeness (QED) is 0.767. The number of nitrogens with zero attached hydrogens (tertiary/aromatic N) is 1. The second-order valence-corrected chi connectivity index (χ2v) is 4.32. The number of hydrogen-bond donors (Lipinski definition) is 0. The maximum atomic E-state index is 12.6. The summed E-state index contributed by atoms with van der Waals surface area (Å²) in [6.45, 7) is 0. The van der Waals surface area contributed by atoms with Crippen molar-refractivity contribution in [1.82, 2.24) is 4.98 Å². The molecule has 0 aromatic carbocycles. The Morgan fingerprint density at radius 3 is 2.62 bits per heavy atom. The molecule has 6 heteroatoms. The Kier molecular flexibility index (Phi) is 3.01. The first-order chi connectivity index (χ1) is 7.52. The molecule has 0 bridgehead atoms. The predicted molar refractivity (Wildman–Crippen MR) is 54.7 cm³/mol. The normalized spacial score (nSPS) is 16.2. The summed E-state index contributed by atoms with van der Waals surface area (Å²) in [7, 11) is 0. The number of hydrogen-bond acceptors (Lipinski definition) is 3. The molecule has 88 valence electrons. The van der Waals surface area contributed by atoms with Gasteiger partial charge in [-0.1, -0.05) is 0 Å². The summed E-state index contributed by atoms with van der Waals surface area (Å²) in [5.41, 5.74) is -0.863. The fourth-order valence-electron chi connectivity index (χ4n) is 1.29. The minimum atomic E-state index is -4.43. The molecule has 1 aromatic rings. The van der Waals surface area contributed by atoms with Crippen LogP contribution in [0.15, 0.2) is 17.2 Å². The number of halogens is 3. The largest absolute Gasteiger partial charge is 0.489 e. The van der Waals surface area contributed by atoms with Crippen LogP contribution in [0.2, 0.25) is 0 Å². The molecule has 0 atom stereocenters. The summed E-state index contributed by atoms with van der Waals surface area (Å²) in [4.78, 5) is 3.45. The fraction of sp³-hybridized carbons (Fsp3) is 0.500. The first-order valence-corrected chi connectivity index (χ1v) is 6.01. The van der Waals surface area contributed by atoms with Gasteiger partial charge in [-0.05, 0) is 25.2 Å². The van der Waals surface area contributed by atoms with E-state index in [-0.39, 0.29) is 16.7 Å². The Bertz CT molecular complexity index is 390. The Balaban J connectivity index is 2.37. The maximum Gasteiger partial charge on any atom is 0.434 e. The van der Waals surface area contributed by atoms with E-state index in [0.29, 0.717) is 0 Å². The number of ether oxygens (including phenoxy) is 1. The minimum absolute atomic E-state index is 0.0712. The second-order valence-electron chi connectivity index (χ2n) is 3.51. The van der Waals surface area contributed by atoms with Gasteiger partial charge in [-0.3, -0.25) is 4.98 Å². The molecule has 1 heterocycles. The summed E-state index contributed by atoms with van der Waals surface area (Å²) in [5, 5.41) is 0. The molecule has 1 aliphatic rings. The summed E-state index contributed by atoms with van der Waals surface area (Å²) in [5.74, 6) is 0.289. The number of aromatic nitrogens is 1. The minimum Gasteiger partial charge on any atom is -0.489 e. The van der Waals surface area contributed by atoms with Gasteiger partial charge in [0, 0.05) is 6.20 Å². The van der Waals surface area contributed by atoms with E-state index in [9.17, 15) is 13.2 Å². The Hall–Kier alpha value is -0.910. The van der Waals surface area contributed by atoms with E-state index in [0.717, 1.165) is 30.8 Å². The summed E-state index contributed by atoms with van der Waals surface area (Å²) in [6.07, 6.45) is 0.206. The van der Waals surface area contributed by atoms with Crippen LogP contribution in [0.5, 0.6) is 5.75 Å². The highest BCUT2D eigenvalue weighted by atomic mass is 32.2. The lowest BCUT2D eigenvalue weighted by Crippen LogP contribution is -2.11. The van der Waals surface area contributed by atoms with Gasteiger partial charge in [0.2, 0.25) is 0 Å². The lowest BCUT2D eigenvalue weighted by molar-refractivity contribution is -0.143. The molecule has 2 rings (SSSR count). The van der Waals surface area contributed by atoms with Crippen molar-refractivity contribution in [3.05, 3.63) is 18.0 Å². The summed E-state index contributed by atoms with van der Waals surface area (Å²) < 4.78 is 43.3. The Labute approximate surface area is 95.2 Å². The van der Waals surface area contributed by atoms with Crippen LogP contribution < -0.4 is 4.74 Å². The molecule has 2 nitrogen and oxygen atoms in total. The van der Waals surface area contributed by atoms with Crippen LogP contribution in [-0.4, -0.2) is 17.3 Å². The Morgan fingerprint density at radius 2 is 2.12 bits per heavy atom. The van der Waals surface area contributed by atoms with Gasteiger partial charge < -0.3 is 4.74 Å². The number of thioether (sulfide) groups is 1. The molecule has 0 saturated heterocycles. The second kappa shape index (κ2) is 4.16. The zero-order chi connectivity index (χ0) is 11.8. The van der Waals surface area contributed by atoms with Crippen LogP contribution in [0.4, 0.5) is 13.2 Å². The summed E-state index contributed by atoms with van der Waals surface area (Å²) in [6, 6.07) is 1.49. The van der Waals surface area contributed by atoms with Gasteiger partial charge >= 0.3 is 6.18 Å². The van der Waals surface area contributed by atoms with E-state index in [1.165, 1.54) is 6.07 Å². The summed E-state index contributed by atoms with van der Waals surface area (Å²) >= 11 is 1.01. The van der Waals surface area contributed by atoms with Gasteiger partial charge in [-0.25, -0.2) is 0 Å². The molecule has 0 radical (unpaired) electrons. The third kappa shape index (κ3) is 2.42. The van der Waals surface area contributed by atoms with E-state index in [1.807, 2.05) is 0 Å². The van der Waals surface area contributed by atoms with Crippen LogP contribution in [-0.2, 0) is 6.18 Å². The van der Waals surface area contributed by atoms with Gasteiger partial charge in [-0.15, -0.1) is 11.8 Å². The molecule has 16 heavy (non-hydrogen) atoms. The van der Waals surface area contributed by atoms with E-state index in [4.69, 9.17) is 4.74 Å². The van der Waals surface area contributed by atoms with Gasteiger partial charge in [0.1, 0.15) is 5.75 Å². The number of rotatable bonds is 3. The lowest BCUT2D eigenvalue weighted by Gasteiger charge is -2.14. The van der Waals surface area contributed by atoms with Gasteiger partial charge in [0.15, 0.2) is 5.69 Å².